The summed E-state index contributed by atoms with van der Waals surface area (Å²) in [5, 5.41) is 3.23. The number of carbonyl (C=O) groups excluding carboxylic acids is 1. The topological polar surface area (TPSA) is 61.6 Å². The van der Waals surface area contributed by atoms with Gasteiger partial charge in [0.05, 0.1) is 6.54 Å². The van der Waals surface area contributed by atoms with Crippen molar-refractivity contribution in [1.29, 1.82) is 0 Å². The summed E-state index contributed by atoms with van der Waals surface area (Å²) < 4.78 is 0. The first-order valence-corrected chi connectivity index (χ1v) is 7.52. The van der Waals surface area contributed by atoms with Gasteiger partial charge in [-0.15, -0.1) is 0 Å². The lowest BCUT2D eigenvalue weighted by Crippen LogP contribution is -2.47. The molecule has 0 radical (unpaired) electrons. The summed E-state index contributed by atoms with van der Waals surface area (Å²) >= 11 is 0. The van der Waals surface area contributed by atoms with Crippen molar-refractivity contribution in [2.75, 3.05) is 43.9 Å². The Labute approximate surface area is 127 Å². The first kappa shape index (κ1) is 15.6. The second-order valence-electron chi connectivity index (χ2n) is 6.05. The van der Waals surface area contributed by atoms with Crippen molar-refractivity contribution in [2.45, 2.75) is 25.8 Å². The monoisotopic (exact) mass is 290 g/mol. The van der Waals surface area contributed by atoms with E-state index in [-0.39, 0.29) is 11.9 Å². The van der Waals surface area contributed by atoms with Crippen LogP contribution in [0.15, 0.2) is 18.2 Å². The molecule has 0 aliphatic carbocycles. The third-order valence-corrected chi connectivity index (χ3v) is 3.83. The van der Waals surface area contributed by atoms with Crippen LogP contribution >= 0.6 is 0 Å². The lowest BCUT2D eigenvalue weighted by atomic mass is 10.1. The maximum absolute atomic E-state index is 12.2. The van der Waals surface area contributed by atoms with Crippen molar-refractivity contribution in [3.8, 4) is 0 Å². The summed E-state index contributed by atoms with van der Waals surface area (Å²) in [5.74, 6) is 0.123. The van der Waals surface area contributed by atoms with Crippen molar-refractivity contribution in [1.82, 2.24) is 4.90 Å². The van der Waals surface area contributed by atoms with Gasteiger partial charge in [0.15, 0.2) is 0 Å². The van der Waals surface area contributed by atoms with E-state index in [1.54, 1.807) is 0 Å². The molecule has 2 rings (SSSR count). The fourth-order valence-corrected chi connectivity index (χ4v) is 2.65. The molecule has 0 spiro atoms. The van der Waals surface area contributed by atoms with E-state index in [1.165, 1.54) is 5.56 Å². The van der Waals surface area contributed by atoms with Crippen LogP contribution in [-0.4, -0.2) is 50.6 Å². The average molecular weight is 290 g/mol. The van der Waals surface area contributed by atoms with Gasteiger partial charge in [0.25, 0.3) is 0 Å². The Morgan fingerprint density at radius 2 is 2.19 bits per heavy atom. The molecule has 0 aromatic heterocycles. The highest BCUT2D eigenvalue weighted by atomic mass is 16.2. The molecule has 5 heteroatoms. The Balaban J connectivity index is 1.94. The summed E-state index contributed by atoms with van der Waals surface area (Å²) in [6, 6.07) is 6.36. The first-order valence-electron chi connectivity index (χ1n) is 7.52. The standard InChI is InChI=1S/C16H26N4O/c1-12-7-14(9-15(8-12)19(2)3)18-10-16(21)20-6-4-5-13(17)11-20/h7-9,13,18H,4-6,10-11,17H2,1-3H3. The van der Waals surface area contributed by atoms with Crippen molar-refractivity contribution < 1.29 is 4.79 Å². The van der Waals surface area contributed by atoms with Crippen LogP contribution in [0.3, 0.4) is 0 Å². The van der Waals surface area contributed by atoms with Crippen LogP contribution in [0.25, 0.3) is 0 Å². The summed E-state index contributed by atoms with van der Waals surface area (Å²) in [6.07, 6.45) is 2.02. The number of hydrogen-bond donors (Lipinski definition) is 2. The van der Waals surface area contributed by atoms with Crippen LogP contribution in [0.4, 0.5) is 11.4 Å². The van der Waals surface area contributed by atoms with Gasteiger partial charge in [-0.3, -0.25) is 4.79 Å². The molecule has 1 aliphatic heterocycles. The number of nitrogens with zero attached hydrogens (tertiary/aromatic N) is 2. The first-order chi connectivity index (χ1) is 9.95. The van der Waals surface area contributed by atoms with E-state index in [0.29, 0.717) is 13.1 Å². The smallest absolute Gasteiger partial charge is 0.241 e. The number of carbonyl (C=O) groups is 1. The predicted molar refractivity (Wildman–Crippen MR) is 87.8 cm³/mol. The molecule has 1 atom stereocenters. The Bertz CT molecular complexity index is 501. The third kappa shape index (κ3) is 4.36. The maximum atomic E-state index is 12.2. The largest absolute Gasteiger partial charge is 0.378 e. The number of piperidine rings is 1. The summed E-state index contributed by atoms with van der Waals surface area (Å²) in [7, 11) is 4.03. The number of nitrogens with two attached hydrogens (primary N) is 1. The molecular formula is C16H26N4O. The molecule has 1 saturated heterocycles. The molecular weight excluding hydrogens is 264 g/mol. The van der Waals surface area contributed by atoms with Gasteiger partial charge >= 0.3 is 0 Å². The number of benzene rings is 1. The third-order valence-electron chi connectivity index (χ3n) is 3.83. The lowest BCUT2D eigenvalue weighted by molar-refractivity contribution is -0.130. The number of likely N-dealkylation sites (tertiary alicyclic amines) is 1. The normalized spacial score (nSPS) is 18.5. The molecule has 3 N–H and O–H groups in total. The second-order valence-corrected chi connectivity index (χ2v) is 6.05. The molecule has 1 fully saturated rings. The average Bonchev–Trinajstić information content (AvgIpc) is 2.44. The highest BCUT2D eigenvalue weighted by molar-refractivity contribution is 5.81. The van der Waals surface area contributed by atoms with E-state index in [1.807, 2.05) is 19.0 Å². The Morgan fingerprint density at radius 1 is 1.43 bits per heavy atom. The van der Waals surface area contributed by atoms with Crippen LogP contribution in [0.1, 0.15) is 18.4 Å². The van der Waals surface area contributed by atoms with E-state index in [2.05, 4.69) is 35.3 Å². The van der Waals surface area contributed by atoms with Crippen LogP contribution in [-0.2, 0) is 4.79 Å². The van der Waals surface area contributed by atoms with Crippen molar-refractivity contribution in [3.63, 3.8) is 0 Å². The number of rotatable bonds is 4. The number of aryl methyl sites for hydroxylation is 1. The van der Waals surface area contributed by atoms with E-state index in [0.717, 1.165) is 30.8 Å². The molecule has 1 aromatic carbocycles. The highest BCUT2D eigenvalue weighted by Gasteiger charge is 2.20. The van der Waals surface area contributed by atoms with Crippen LogP contribution in [0.5, 0.6) is 0 Å². The minimum atomic E-state index is 0.123. The SMILES string of the molecule is Cc1cc(NCC(=O)N2CCCC(N)C2)cc(N(C)C)c1. The minimum Gasteiger partial charge on any atom is -0.378 e. The summed E-state index contributed by atoms with van der Waals surface area (Å²) in [6.45, 7) is 3.88. The van der Waals surface area contributed by atoms with Crippen LogP contribution < -0.4 is 16.0 Å². The highest BCUT2D eigenvalue weighted by Crippen LogP contribution is 2.20. The minimum absolute atomic E-state index is 0.123. The van der Waals surface area contributed by atoms with Gasteiger partial charge in [0.1, 0.15) is 0 Å². The van der Waals surface area contributed by atoms with E-state index < -0.39 is 0 Å². The molecule has 1 amide bonds. The summed E-state index contributed by atoms with van der Waals surface area (Å²) in [4.78, 5) is 16.1. The predicted octanol–water partition coefficient (Wildman–Crippen LogP) is 1.42. The van der Waals surface area contributed by atoms with E-state index >= 15 is 0 Å². The van der Waals surface area contributed by atoms with Gasteiger partial charge in [-0.2, -0.15) is 0 Å². The lowest BCUT2D eigenvalue weighted by Gasteiger charge is -2.31. The van der Waals surface area contributed by atoms with Gasteiger partial charge in [-0.05, 0) is 43.5 Å². The zero-order chi connectivity index (χ0) is 15.4. The molecule has 1 heterocycles. The Hall–Kier alpha value is -1.75. The number of anilines is 2. The fourth-order valence-electron chi connectivity index (χ4n) is 2.65. The van der Waals surface area contributed by atoms with Gasteiger partial charge < -0.3 is 20.9 Å². The molecule has 1 unspecified atom stereocenters. The van der Waals surface area contributed by atoms with Crippen molar-refractivity contribution in [2.24, 2.45) is 5.73 Å². The van der Waals surface area contributed by atoms with Gasteiger partial charge in [-0.25, -0.2) is 0 Å². The number of nitrogens with one attached hydrogen (secondary N) is 1. The van der Waals surface area contributed by atoms with E-state index in [9.17, 15) is 4.79 Å². The molecule has 1 aromatic rings. The molecule has 116 valence electrons. The van der Waals surface area contributed by atoms with Crippen LogP contribution in [0, 0.1) is 6.92 Å². The van der Waals surface area contributed by atoms with Gasteiger partial charge in [0, 0.05) is 44.6 Å². The Morgan fingerprint density at radius 3 is 2.86 bits per heavy atom. The van der Waals surface area contributed by atoms with Crippen LogP contribution in [0.2, 0.25) is 0 Å². The van der Waals surface area contributed by atoms with E-state index in [4.69, 9.17) is 5.73 Å². The zero-order valence-electron chi connectivity index (χ0n) is 13.2. The second kappa shape index (κ2) is 6.80. The zero-order valence-corrected chi connectivity index (χ0v) is 13.2. The molecule has 0 bridgehead atoms. The molecule has 5 nitrogen and oxygen atoms in total. The summed E-state index contributed by atoms with van der Waals surface area (Å²) in [5.41, 5.74) is 9.21. The van der Waals surface area contributed by atoms with Crippen molar-refractivity contribution in [3.05, 3.63) is 23.8 Å². The molecule has 21 heavy (non-hydrogen) atoms. The number of amides is 1. The van der Waals surface area contributed by atoms with Gasteiger partial charge in [0.2, 0.25) is 5.91 Å². The molecule has 0 saturated carbocycles. The Kier molecular flexibility index (Phi) is 5.07. The fraction of sp³-hybridized carbons (Fsp3) is 0.562. The van der Waals surface area contributed by atoms with Crippen molar-refractivity contribution >= 4 is 17.3 Å². The number of hydrogen-bond acceptors (Lipinski definition) is 4. The maximum Gasteiger partial charge on any atom is 0.241 e. The van der Waals surface area contributed by atoms with Gasteiger partial charge in [-0.1, -0.05) is 0 Å². The quantitative estimate of drug-likeness (QED) is 0.880. The molecule has 1 aliphatic rings.